The Kier molecular flexibility index (Phi) is 4.18. The summed E-state index contributed by atoms with van der Waals surface area (Å²) in [5, 5.41) is 12.1. The highest BCUT2D eigenvalue weighted by Crippen LogP contribution is 2.10. The zero-order chi connectivity index (χ0) is 12.9. The molecule has 5 heteroatoms. The van der Waals surface area contributed by atoms with Gasteiger partial charge in [-0.25, -0.2) is 4.98 Å². The zero-order valence-corrected chi connectivity index (χ0v) is 10.0. The molecule has 0 fully saturated rings. The number of rotatable bonds is 5. The van der Waals surface area contributed by atoms with Crippen LogP contribution in [-0.2, 0) is 11.3 Å². The summed E-state index contributed by atoms with van der Waals surface area (Å²) >= 11 is 0. The quantitative estimate of drug-likeness (QED) is 0.781. The van der Waals surface area contributed by atoms with Gasteiger partial charge < -0.3 is 11.1 Å². The molecule has 1 aromatic rings. The van der Waals surface area contributed by atoms with E-state index in [0.717, 1.165) is 5.56 Å². The van der Waals surface area contributed by atoms with Crippen LogP contribution in [0.25, 0.3) is 0 Å². The van der Waals surface area contributed by atoms with Crippen LogP contribution in [0.4, 0.5) is 0 Å². The Morgan fingerprint density at radius 1 is 1.65 bits per heavy atom. The molecule has 0 aliphatic heterocycles. The first-order chi connectivity index (χ1) is 7.94. The van der Waals surface area contributed by atoms with Gasteiger partial charge in [0.15, 0.2) is 0 Å². The number of nitriles is 1. The molecule has 0 saturated carbocycles. The third-order valence-corrected chi connectivity index (χ3v) is 2.37. The van der Waals surface area contributed by atoms with Gasteiger partial charge in [-0.05, 0) is 19.9 Å². The van der Waals surface area contributed by atoms with Gasteiger partial charge in [-0.15, -0.1) is 0 Å². The van der Waals surface area contributed by atoms with Gasteiger partial charge in [0, 0.05) is 30.3 Å². The summed E-state index contributed by atoms with van der Waals surface area (Å²) in [5.41, 5.74) is 5.98. The molecule has 0 saturated heterocycles. The van der Waals surface area contributed by atoms with Gasteiger partial charge in [-0.3, -0.25) is 4.79 Å². The van der Waals surface area contributed by atoms with Gasteiger partial charge >= 0.3 is 0 Å². The number of nitrogens with zero attached hydrogens (tertiary/aromatic N) is 2. The predicted molar refractivity (Wildman–Crippen MR) is 63.7 cm³/mol. The van der Waals surface area contributed by atoms with E-state index < -0.39 is 5.54 Å². The van der Waals surface area contributed by atoms with Gasteiger partial charge in [0.25, 0.3) is 0 Å². The molecule has 3 N–H and O–H groups in total. The van der Waals surface area contributed by atoms with Crippen LogP contribution >= 0.6 is 0 Å². The molecule has 0 aromatic carbocycles. The Morgan fingerprint density at radius 3 is 2.94 bits per heavy atom. The van der Waals surface area contributed by atoms with Crippen LogP contribution in [0.15, 0.2) is 18.3 Å². The lowest BCUT2D eigenvalue weighted by molar-refractivity contribution is -0.119. The minimum Gasteiger partial charge on any atom is -0.370 e. The van der Waals surface area contributed by atoms with Gasteiger partial charge in [0.05, 0.1) is 0 Å². The maximum Gasteiger partial charge on any atom is 0.219 e. The minimum atomic E-state index is -0.394. The average Bonchev–Trinajstić information content (AvgIpc) is 2.25. The van der Waals surface area contributed by atoms with E-state index in [2.05, 4.69) is 10.3 Å². The number of amides is 1. The van der Waals surface area contributed by atoms with Crippen molar-refractivity contribution in [3.05, 3.63) is 29.6 Å². The normalized spacial score (nSPS) is 10.9. The summed E-state index contributed by atoms with van der Waals surface area (Å²) < 4.78 is 0. The highest BCUT2D eigenvalue weighted by atomic mass is 16.1. The number of nitrogens with two attached hydrogens (primary N) is 1. The van der Waals surface area contributed by atoms with Crippen molar-refractivity contribution >= 4 is 5.91 Å². The number of carbonyl (C=O) groups is 1. The first kappa shape index (κ1) is 13.1. The third kappa shape index (κ3) is 4.21. The van der Waals surface area contributed by atoms with Crippen LogP contribution in [0.5, 0.6) is 0 Å². The van der Waals surface area contributed by atoms with E-state index in [9.17, 15) is 4.79 Å². The maximum atomic E-state index is 10.9. The highest BCUT2D eigenvalue weighted by molar-refractivity contribution is 5.75. The van der Waals surface area contributed by atoms with Gasteiger partial charge in [-0.1, -0.05) is 6.07 Å². The molecule has 0 aliphatic carbocycles. The maximum absolute atomic E-state index is 10.9. The minimum absolute atomic E-state index is 0.245. The van der Waals surface area contributed by atoms with Crippen LogP contribution in [0.1, 0.15) is 31.5 Å². The van der Waals surface area contributed by atoms with Crippen molar-refractivity contribution in [2.24, 2.45) is 5.73 Å². The molecule has 0 radical (unpaired) electrons. The standard InChI is InChI=1S/C12H16N4O/c1-12(2,6-11(14)17)16-8-9-4-3-5-15-10(9)7-13/h3-5,16H,6,8H2,1-2H3,(H2,14,17). The van der Waals surface area contributed by atoms with Crippen molar-refractivity contribution in [3.8, 4) is 6.07 Å². The van der Waals surface area contributed by atoms with Crippen molar-refractivity contribution in [3.63, 3.8) is 0 Å². The Morgan fingerprint density at radius 2 is 2.35 bits per heavy atom. The van der Waals surface area contributed by atoms with E-state index in [1.54, 1.807) is 12.3 Å². The lowest BCUT2D eigenvalue weighted by Gasteiger charge is -2.24. The Bertz CT molecular complexity index is 448. The number of hydrogen-bond acceptors (Lipinski definition) is 4. The topological polar surface area (TPSA) is 91.8 Å². The van der Waals surface area contributed by atoms with Crippen LogP contribution < -0.4 is 11.1 Å². The van der Waals surface area contributed by atoms with E-state index in [0.29, 0.717) is 12.2 Å². The Labute approximate surface area is 101 Å². The number of primary amides is 1. The molecule has 1 rings (SSSR count). The molecule has 0 bridgehead atoms. The molecule has 1 amide bonds. The molecule has 0 atom stereocenters. The van der Waals surface area contributed by atoms with Gasteiger partial charge in [0.2, 0.25) is 5.91 Å². The second-order valence-corrected chi connectivity index (χ2v) is 4.50. The summed E-state index contributed by atoms with van der Waals surface area (Å²) in [6.07, 6.45) is 1.83. The molecule has 5 nitrogen and oxygen atoms in total. The van der Waals surface area contributed by atoms with Crippen molar-refractivity contribution in [1.29, 1.82) is 5.26 Å². The van der Waals surface area contributed by atoms with Gasteiger partial charge in [-0.2, -0.15) is 5.26 Å². The Hall–Kier alpha value is -1.93. The summed E-state index contributed by atoms with van der Waals surface area (Å²) in [6.45, 7) is 4.26. The van der Waals surface area contributed by atoms with Crippen molar-refractivity contribution in [1.82, 2.24) is 10.3 Å². The molecule has 17 heavy (non-hydrogen) atoms. The van der Waals surface area contributed by atoms with E-state index in [1.165, 1.54) is 0 Å². The molecule has 1 heterocycles. The smallest absolute Gasteiger partial charge is 0.219 e. The van der Waals surface area contributed by atoms with Gasteiger partial charge in [0.1, 0.15) is 11.8 Å². The second-order valence-electron chi connectivity index (χ2n) is 4.50. The zero-order valence-electron chi connectivity index (χ0n) is 10.0. The fourth-order valence-electron chi connectivity index (χ4n) is 1.51. The summed E-state index contributed by atoms with van der Waals surface area (Å²) in [5.74, 6) is -0.353. The fourth-order valence-corrected chi connectivity index (χ4v) is 1.51. The number of nitrogens with one attached hydrogen (secondary N) is 1. The van der Waals surface area contributed by atoms with E-state index in [1.807, 2.05) is 26.0 Å². The lowest BCUT2D eigenvalue weighted by Crippen LogP contribution is -2.42. The van der Waals surface area contributed by atoms with Crippen molar-refractivity contribution in [2.45, 2.75) is 32.4 Å². The van der Waals surface area contributed by atoms with Crippen LogP contribution in [0.2, 0.25) is 0 Å². The first-order valence-corrected chi connectivity index (χ1v) is 5.32. The lowest BCUT2D eigenvalue weighted by atomic mass is 10.00. The van der Waals surface area contributed by atoms with Crippen molar-refractivity contribution in [2.75, 3.05) is 0 Å². The third-order valence-electron chi connectivity index (χ3n) is 2.37. The number of hydrogen-bond donors (Lipinski definition) is 2. The molecule has 0 spiro atoms. The summed E-state index contributed by atoms with van der Waals surface area (Å²) in [7, 11) is 0. The number of carbonyl (C=O) groups excluding carboxylic acids is 1. The molecule has 0 unspecified atom stereocenters. The molecular formula is C12H16N4O. The van der Waals surface area contributed by atoms with E-state index >= 15 is 0 Å². The molecule has 0 aliphatic rings. The fraction of sp³-hybridized carbons (Fsp3) is 0.417. The van der Waals surface area contributed by atoms with Crippen LogP contribution in [-0.4, -0.2) is 16.4 Å². The summed E-state index contributed by atoms with van der Waals surface area (Å²) in [6, 6.07) is 5.64. The van der Waals surface area contributed by atoms with Crippen LogP contribution in [0.3, 0.4) is 0 Å². The number of aromatic nitrogens is 1. The van der Waals surface area contributed by atoms with E-state index in [-0.39, 0.29) is 12.3 Å². The van der Waals surface area contributed by atoms with Crippen LogP contribution in [0, 0.1) is 11.3 Å². The monoisotopic (exact) mass is 232 g/mol. The molecule has 1 aromatic heterocycles. The number of pyridine rings is 1. The first-order valence-electron chi connectivity index (χ1n) is 5.32. The second kappa shape index (κ2) is 5.41. The molecular weight excluding hydrogens is 216 g/mol. The van der Waals surface area contributed by atoms with Crippen molar-refractivity contribution < 1.29 is 4.79 Å². The SMILES string of the molecule is CC(C)(CC(N)=O)NCc1cccnc1C#N. The average molecular weight is 232 g/mol. The Balaban J connectivity index is 2.67. The molecule has 90 valence electrons. The van der Waals surface area contributed by atoms with E-state index in [4.69, 9.17) is 11.0 Å². The highest BCUT2D eigenvalue weighted by Gasteiger charge is 2.20. The summed E-state index contributed by atoms with van der Waals surface area (Å²) in [4.78, 5) is 14.8. The predicted octanol–water partition coefficient (Wildman–Crippen LogP) is 0.697. The largest absolute Gasteiger partial charge is 0.370 e.